The van der Waals surface area contributed by atoms with E-state index in [9.17, 15) is 10.5 Å². The fourth-order valence-corrected chi connectivity index (χ4v) is 6.76. The molecular weight excluding hydrogens is 560 g/mol. The van der Waals surface area contributed by atoms with Gasteiger partial charge in [0.2, 0.25) is 0 Å². The summed E-state index contributed by atoms with van der Waals surface area (Å²) < 4.78 is 0. The Balaban J connectivity index is 2.39. The van der Waals surface area contributed by atoms with Crippen molar-refractivity contribution in [2.24, 2.45) is 11.5 Å². The molecule has 0 aliphatic heterocycles. The summed E-state index contributed by atoms with van der Waals surface area (Å²) in [4.78, 5) is 0. The molecule has 0 heterocycles. The van der Waals surface area contributed by atoms with Crippen LogP contribution in [-0.2, 0) is 0 Å². The number of rotatable bonds is 23. The van der Waals surface area contributed by atoms with Gasteiger partial charge in [0, 0.05) is 23.2 Å². The van der Waals surface area contributed by atoms with Gasteiger partial charge in [-0.25, -0.2) is 0 Å². The lowest BCUT2D eigenvalue weighted by Crippen LogP contribution is -2.19. The molecule has 0 spiro atoms. The van der Waals surface area contributed by atoms with E-state index in [2.05, 4.69) is 64.1 Å². The number of hydrogen-bond acceptors (Lipinski definition) is 4. The molecule has 4 N–H and O–H groups in total. The van der Waals surface area contributed by atoms with E-state index in [0.717, 1.165) is 60.8 Å². The minimum absolute atomic E-state index is 0.142. The average Bonchev–Trinajstić information content (AvgIpc) is 3.06. The van der Waals surface area contributed by atoms with Crippen LogP contribution < -0.4 is 11.5 Å². The summed E-state index contributed by atoms with van der Waals surface area (Å²) in [6.07, 6.45) is 21.4. The Hall–Kier alpha value is -3.50. The maximum Gasteiger partial charge on any atom is 0.102 e. The van der Waals surface area contributed by atoms with Crippen molar-refractivity contribution in [1.82, 2.24) is 0 Å². The van der Waals surface area contributed by atoms with Crippen molar-refractivity contribution in [3.05, 3.63) is 93.3 Å². The Morgan fingerprint density at radius 3 is 1.13 bits per heavy atom. The van der Waals surface area contributed by atoms with Gasteiger partial charge in [0.15, 0.2) is 0 Å². The van der Waals surface area contributed by atoms with Crippen LogP contribution >= 0.6 is 0 Å². The number of nitrogens with two attached hydrogens (primary N) is 2. The summed E-state index contributed by atoms with van der Waals surface area (Å²) in [5.74, 6) is -0.284. The molecule has 2 atom stereocenters. The van der Waals surface area contributed by atoms with Gasteiger partial charge in [-0.2, -0.15) is 10.5 Å². The van der Waals surface area contributed by atoms with Gasteiger partial charge in [-0.15, -0.1) is 0 Å². The van der Waals surface area contributed by atoms with E-state index in [1.54, 1.807) is 0 Å². The average molecular weight is 623 g/mol. The van der Waals surface area contributed by atoms with Crippen LogP contribution in [0, 0.1) is 36.5 Å². The van der Waals surface area contributed by atoms with Gasteiger partial charge in [-0.3, -0.25) is 0 Å². The Morgan fingerprint density at radius 1 is 0.522 bits per heavy atom. The predicted molar refractivity (Wildman–Crippen MR) is 196 cm³/mol. The summed E-state index contributed by atoms with van der Waals surface area (Å²) in [6, 6.07) is 21.3. The molecule has 0 saturated heterocycles. The third-order valence-electron chi connectivity index (χ3n) is 9.62. The lowest BCUT2D eigenvalue weighted by Gasteiger charge is -2.24. The third-order valence-corrected chi connectivity index (χ3v) is 9.62. The largest absolute Gasteiger partial charge is 0.400 e. The smallest absolute Gasteiger partial charge is 0.102 e. The van der Waals surface area contributed by atoms with E-state index >= 15 is 0 Å². The summed E-state index contributed by atoms with van der Waals surface area (Å²) in [5.41, 5.74) is 19.9. The molecule has 0 amide bonds. The first-order chi connectivity index (χ1) is 22.4. The van der Waals surface area contributed by atoms with E-state index < -0.39 is 0 Å². The molecule has 4 nitrogen and oxygen atoms in total. The van der Waals surface area contributed by atoms with Crippen molar-refractivity contribution in [3.8, 4) is 12.1 Å². The molecule has 0 radical (unpaired) electrons. The van der Waals surface area contributed by atoms with Gasteiger partial charge >= 0.3 is 0 Å². The van der Waals surface area contributed by atoms with Gasteiger partial charge in [0.05, 0.1) is 11.1 Å². The number of nitrogens with zero attached hydrogens (tertiary/aromatic N) is 2. The van der Waals surface area contributed by atoms with Gasteiger partial charge in [-0.05, 0) is 48.9 Å². The maximum atomic E-state index is 10.5. The van der Waals surface area contributed by atoms with Gasteiger partial charge in [-0.1, -0.05) is 165 Å². The van der Waals surface area contributed by atoms with E-state index in [4.69, 9.17) is 11.5 Å². The quantitative estimate of drug-likeness (QED) is 0.0731. The van der Waals surface area contributed by atoms with Crippen LogP contribution in [0.4, 0.5) is 0 Å². The first-order valence-corrected chi connectivity index (χ1v) is 18.3. The Bertz CT molecular complexity index is 1200. The molecule has 4 heteroatoms. The van der Waals surface area contributed by atoms with Crippen molar-refractivity contribution in [2.75, 3.05) is 0 Å². The molecule has 0 bridgehead atoms. The lowest BCUT2D eigenvalue weighted by atomic mass is 9.82. The van der Waals surface area contributed by atoms with E-state index in [1.807, 2.05) is 24.3 Å². The highest BCUT2D eigenvalue weighted by Gasteiger charge is 2.26. The Morgan fingerprint density at radius 2 is 0.826 bits per heavy atom. The van der Waals surface area contributed by atoms with Crippen molar-refractivity contribution in [3.63, 3.8) is 0 Å². The lowest BCUT2D eigenvalue weighted by molar-refractivity contribution is 0.545. The van der Waals surface area contributed by atoms with Crippen LogP contribution in [0.15, 0.2) is 71.1 Å². The van der Waals surface area contributed by atoms with Crippen LogP contribution in [-0.4, -0.2) is 0 Å². The molecule has 0 fully saturated rings. The predicted octanol–water partition coefficient (Wildman–Crippen LogP) is 11.7. The second kappa shape index (κ2) is 22.9. The molecule has 0 aromatic heterocycles. The number of aryl methyl sites for hydroxylation is 2. The standard InChI is InChI=1S/C42H62N4/c1-5-7-9-11-13-15-17-19-29-37(35-27-23-21-25-33(35)3)41(45)39(31-43)40(32-44)42(46)38(36-28-24-22-26-34(36)4)30-20-18-16-14-12-10-8-6-2/h21-28,37-38H,5-20,29-30,45-46H2,1-4H3/b41-39-,42-40-. The van der Waals surface area contributed by atoms with Gasteiger partial charge < -0.3 is 11.5 Å². The highest BCUT2D eigenvalue weighted by molar-refractivity contribution is 5.58. The molecule has 0 saturated carbocycles. The van der Waals surface area contributed by atoms with Crippen LogP contribution in [0.3, 0.4) is 0 Å². The fourth-order valence-electron chi connectivity index (χ4n) is 6.76. The summed E-state index contributed by atoms with van der Waals surface area (Å²) in [7, 11) is 0. The first-order valence-electron chi connectivity index (χ1n) is 18.3. The molecule has 2 unspecified atom stereocenters. The highest BCUT2D eigenvalue weighted by atomic mass is 14.6. The SMILES string of the molecule is CCCCCCCCCCC(/C(N)=C(C#N)/C(C#N)=C(\N)C(CCCCCCCCCC)c1ccccc1C)c1ccccc1C. The van der Waals surface area contributed by atoms with Crippen LogP contribution in [0.25, 0.3) is 0 Å². The van der Waals surface area contributed by atoms with Crippen LogP contribution in [0.2, 0.25) is 0 Å². The van der Waals surface area contributed by atoms with E-state index in [0.29, 0.717) is 11.4 Å². The minimum atomic E-state index is -0.142. The number of unbranched alkanes of at least 4 members (excludes halogenated alkanes) is 14. The topological polar surface area (TPSA) is 99.6 Å². The molecule has 0 aliphatic carbocycles. The zero-order valence-electron chi connectivity index (χ0n) is 29.6. The molecule has 250 valence electrons. The second-order valence-electron chi connectivity index (χ2n) is 13.2. The zero-order chi connectivity index (χ0) is 33.6. The van der Waals surface area contributed by atoms with Crippen molar-refractivity contribution in [2.45, 2.75) is 155 Å². The maximum absolute atomic E-state index is 10.5. The fraction of sp³-hybridized carbons (Fsp3) is 0.571. The Labute approximate surface area is 282 Å². The number of benzene rings is 2. The molecule has 2 aromatic rings. The normalized spacial score (nSPS) is 13.7. The van der Waals surface area contributed by atoms with Gasteiger partial charge in [0.1, 0.15) is 12.1 Å². The van der Waals surface area contributed by atoms with Crippen LogP contribution in [0.1, 0.15) is 164 Å². The number of nitriles is 2. The van der Waals surface area contributed by atoms with E-state index in [1.165, 1.54) is 77.0 Å². The summed E-state index contributed by atoms with van der Waals surface area (Å²) in [6.45, 7) is 8.70. The summed E-state index contributed by atoms with van der Waals surface area (Å²) in [5, 5.41) is 21.1. The monoisotopic (exact) mass is 622 g/mol. The highest BCUT2D eigenvalue weighted by Crippen LogP contribution is 2.37. The van der Waals surface area contributed by atoms with Crippen molar-refractivity contribution >= 4 is 0 Å². The molecule has 2 rings (SSSR count). The zero-order valence-corrected chi connectivity index (χ0v) is 29.6. The minimum Gasteiger partial charge on any atom is -0.400 e. The van der Waals surface area contributed by atoms with Crippen molar-refractivity contribution < 1.29 is 0 Å². The van der Waals surface area contributed by atoms with Gasteiger partial charge in [0.25, 0.3) is 0 Å². The Kier molecular flexibility index (Phi) is 19.3. The number of hydrogen-bond donors (Lipinski definition) is 2. The van der Waals surface area contributed by atoms with Crippen LogP contribution in [0.5, 0.6) is 0 Å². The molecule has 0 aliphatic rings. The number of allylic oxidation sites excluding steroid dienone is 4. The van der Waals surface area contributed by atoms with E-state index in [-0.39, 0.29) is 23.0 Å². The second-order valence-corrected chi connectivity index (χ2v) is 13.2. The van der Waals surface area contributed by atoms with Crippen molar-refractivity contribution in [1.29, 1.82) is 10.5 Å². The molecular formula is C42H62N4. The third kappa shape index (κ3) is 12.7. The first kappa shape index (κ1) is 38.7. The molecule has 2 aromatic carbocycles. The molecule has 46 heavy (non-hydrogen) atoms. The summed E-state index contributed by atoms with van der Waals surface area (Å²) >= 11 is 0.